The fourth-order valence-electron chi connectivity index (χ4n) is 4.43. The zero-order valence-electron chi connectivity index (χ0n) is 29.8. The van der Waals surface area contributed by atoms with Crippen molar-refractivity contribution in [3.63, 3.8) is 0 Å². The number of allylic oxidation sites excluding steroid dienone is 4. The van der Waals surface area contributed by atoms with E-state index in [1.165, 1.54) is 51.4 Å². The summed E-state index contributed by atoms with van der Waals surface area (Å²) in [5.41, 5.74) is 0. The maximum absolute atomic E-state index is 10.6. The molecule has 0 unspecified atom stereocenters. The van der Waals surface area contributed by atoms with E-state index in [0.717, 1.165) is 77.5 Å². The van der Waals surface area contributed by atoms with Gasteiger partial charge in [-0.25, -0.2) is 0 Å². The summed E-state index contributed by atoms with van der Waals surface area (Å²) in [5, 5.41) is 21.3. The van der Waals surface area contributed by atoms with Crippen molar-refractivity contribution in [3.05, 3.63) is 48.6 Å². The Balaban J connectivity index is -0.000000767. The summed E-state index contributed by atoms with van der Waals surface area (Å²) in [4.78, 5) is 25.7. The van der Waals surface area contributed by atoms with Crippen LogP contribution >= 0.6 is 0 Å². The molecule has 0 aliphatic carbocycles. The summed E-state index contributed by atoms with van der Waals surface area (Å²) in [6, 6.07) is 0. The van der Waals surface area contributed by atoms with Crippen LogP contribution in [-0.2, 0) is 9.59 Å². The molecular formula is C38H68CaN2O4. The number of hydrogen-bond acceptors (Lipinski definition) is 6. The average molecular weight is 657 g/mol. The topological polar surface area (TPSA) is 86.7 Å². The molecule has 0 heterocycles. The monoisotopic (exact) mass is 656 g/mol. The van der Waals surface area contributed by atoms with Gasteiger partial charge in [0.05, 0.1) is 0 Å². The van der Waals surface area contributed by atoms with E-state index in [-0.39, 0.29) is 50.6 Å². The molecule has 0 atom stereocenters. The molecule has 0 aliphatic rings. The maximum Gasteiger partial charge on any atom is 2.00 e. The number of hydrogen-bond donors (Lipinski definition) is 0. The van der Waals surface area contributed by atoms with Crippen molar-refractivity contribution in [1.82, 2.24) is 9.80 Å². The fraction of sp³-hybridized carbons (Fsp3) is 0.737. The molecule has 0 rings (SSSR count). The summed E-state index contributed by atoms with van der Waals surface area (Å²) >= 11 is 0. The number of carbonyl (C=O) groups is 2. The maximum atomic E-state index is 10.6. The first kappa shape index (κ1) is 48.5. The second kappa shape index (κ2) is 41.1. The van der Waals surface area contributed by atoms with Crippen LogP contribution in [0.5, 0.6) is 0 Å². The minimum Gasteiger partial charge on any atom is -0.550 e. The largest absolute Gasteiger partial charge is 2.00 e. The van der Waals surface area contributed by atoms with Crippen molar-refractivity contribution in [2.45, 2.75) is 143 Å². The van der Waals surface area contributed by atoms with Gasteiger partial charge in [0.25, 0.3) is 0 Å². The third-order valence-electron chi connectivity index (χ3n) is 7.28. The molecule has 0 bridgehead atoms. The van der Waals surface area contributed by atoms with Gasteiger partial charge in [-0.05, 0) is 64.2 Å². The Hall–Kier alpha value is -0.920. The molecule has 6 nitrogen and oxygen atoms in total. The minimum absolute atomic E-state index is 0. The molecule has 0 saturated heterocycles. The molecule has 0 N–H and O–H groups in total. The van der Waals surface area contributed by atoms with Gasteiger partial charge in [-0.3, -0.25) is 0 Å². The van der Waals surface area contributed by atoms with Crippen LogP contribution in [0.25, 0.3) is 0 Å². The minimum atomic E-state index is -0.957. The van der Waals surface area contributed by atoms with E-state index < -0.39 is 11.9 Å². The van der Waals surface area contributed by atoms with Crippen LogP contribution < -0.4 is 10.2 Å². The van der Waals surface area contributed by atoms with E-state index >= 15 is 0 Å². The van der Waals surface area contributed by atoms with Crippen LogP contribution in [-0.4, -0.2) is 98.7 Å². The van der Waals surface area contributed by atoms with Crippen LogP contribution in [0.4, 0.5) is 0 Å². The van der Waals surface area contributed by atoms with Crippen LogP contribution in [0, 0.1) is 0 Å². The Kier molecular flexibility index (Phi) is 44.3. The van der Waals surface area contributed by atoms with Gasteiger partial charge in [-0.2, -0.15) is 0 Å². The second-order valence-corrected chi connectivity index (χ2v) is 11.5. The van der Waals surface area contributed by atoms with Crippen molar-refractivity contribution in [2.24, 2.45) is 0 Å². The van der Waals surface area contributed by atoms with Gasteiger partial charge in [0.2, 0.25) is 0 Å². The Morgan fingerprint density at radius 3 is 0.844 bits per heavy atom. The molecular weight excluding hydrogens is 589 g/mol. The molecule has 0 saturated carbocycles. The van der Waals surface area contributed by atoms with Gasteiger partial charge in [-0.1, -0.05) is 128 Å². The molecule has 0 aromatic rings. The fourth-order valence-corrected chi connectivity index (χ4v) is 4.43. The SMILES string of the molecule is CCCC/C=C/CCN(CC/C=C/CCCC)CCC(=O)[O-].CCCC/C=C/CCN(CC/C=C/CCCC)CCC(=O)[O-].[Ca+2]. The van der Waals surface area contributed by atoms with Crippen LogP contribution in [0.2, 0.25) is 0 Å². The standard InChI is InChI=1S/2C19H35NO2.Ca/c2*1-3-5-7-9-11-13-16-20(18-15-19(21)22)17-14-12-10-8-6-4-2;/h2*9-12H,3-8,13-18H2,1-2H3,(H,21,22);/q;;+2/p-2/b2*11-9+,12-10+;. The number of carboxylic acid groups (broad SMARTS) is 2. The molecule has 0 aliphatic heterocycles. The van der Waals surface area contributed by atoms with Gasteiger partial charge in [0, 0.05) is 51.2 Å². The Bertz CT molecular complexity index is 646. The van der Waals surface area contributed by atoms with Crippen molar-refractivity contribution in [1.29, 1.82) is 0 Å². The van der Waals surface area contributed by atoms with Gasteiger partial charge < -0.3 is 29.6 Å². The number of carbonyl (C=O) groups excluding carboxylic acids is 2. The average Bonchev–Trinajstić information content (AvgIpc) is 3.00. The molecule has 0 amide bonds. The molecule has 256 valence electrons. The van der Waals surface area contributed by atoms with Crippen LogP contribution in [0.1, 0.15) is 143 Å². The van der Waals surface area contributed by atoms with Crippen LogP contribution in [0.15, 0.2) is 48.6 Å². The first-order valence-corrected chi connectivity index (χ1v) is 17.8. The summed E-state index contributed by atoms with van der Waals surface area (Å²) in [5.74, 6) is -1.91. The van der Waals surface area contributed by atoms with Gasteiger partial charge in [0.1, 0.15) is 0 Å². The predicted octanol–water partition coefficient (Wildman–Crippen LogP) is 7.02. The van der Waals surface area contributed by atoms with Crippen molar-refractivity contribution < 1.29 is 19.8 Å². The van der Waals surface area contributed by atoms with Gasteiger partial charge in [-0.15, -0.1) is 0 Å². The first-order valence-electron chi connectivity index (χ1n) is 17.8. The van der Waals surface area contributed by atoms with E-state index in [2.05, 4.69) is 86.1 Å². The van der Waals surface area contributed by atoms with Crippen molar-refractivity contribution >= 4 is 49.7 Å². The van der Waals surface area contributed by atoms with Crippen molar-refractivity contribution in [2.75, 3.05) is 39.3 Å². The van der Waals surface area contributed by atoms with Gasteiger partial charge >= 0.3 is 37.7 Å². The Morgan fingerprint density at radius 1 is 0.422 bits per heavy atom. The number of rotatable bonds is 30. The van der Waals surface area contributed by atoms with E-state index in [4.69, 9.17) is 0 Å². The van der Waals surface area contributed by atoms with Gasteiger partial charge in [0.15, 0.2) is 0 Å². The number of aliphatic carboxylic acids is 2. The summed E-state index contributed by atoms with van der Waals surface area (Å²) in [6.45, 7) is 13.7. The third-order valence-corrected chi connectivity index (χ3v) is 7.28. The molecule has 7 heteroatoms. The summed E-state index contributed by atoms with van der Waals surface area (Å²) in [6.07, 6.45) is 36.6. The van der Waals surface area contributed by atoms with E-state index in [1.807, 2.05) is 0 Å². The first-order chi connectivity index (χ1) is 21.4. The zero-order chi connectivity index (χ0) is 32.9. The molecule has 0 spiro atoms. The molecule has 45 heavy (non-hydrogen) atoms. The molecule has 0 radical (unpaired) electrons. The third kappa shape index (κ3) is 43.1. The van der Waals surface area contributed by atoms with E-state index in [1.54, 1.807) is 0 Å². The predicted molar refractivity (Wildman–Crippen MR) is 191 cm³/mol. The smallest absolute Gasteiger partial charge is 0.550 e. The van der Waals surface area contributed by atoms with E-state index in [0.29, 0.717) is 13.1 Å². The van der Waals surface area contributed by atoms with E-state index in [9.17, 15) is 19.8 Å². The molecule has 0 aromatic heterocycles. The number of carboxylic acids is 2. The molecule has 0 aromatic carbocycles. The van der Waals surface area contributed by atoms with Crippen molar-refractivity contribution in [3.8, 4) is 0 Å². The normalized spacial score (nSPS) is 11.7. The summed E-state index contributed by atoms with van der Waals surface area (Å²) < 4.78 is 0. The number of unbranched alkanes of at least 4 members (excludes halogenated alkanes) is 8. The quantitative estimate of drug-likeness (QED) is 0.0469. The zero-order valence-corrected chi connectivity index (χ0v) is 32.0. The number of nitrogens with zero attached hydrogens (tertiary/aromatic N) is 2. The van der Waals surface area contributed by atoms with Crippen LogP contribution in [0.3, 0.4) is 0 Å². The second-order valence-electron chi connectivity index (χ2n) is 11.5. The summed E-state index contributed by atoms with van der Waals surface area (Å²) in [7, 11) is 0. The Labute approximate surface area is 308 Å². The Morgan fingerprint density at radius 2 is 0.644 bits per heavy atom. The molecule has 0 fully saturated rings.